The van der Waals surface area contributed by atoms with Gasteiger partial charge in [-0.25, -0.2) is 9.67 Å². The van der Waals surface area contributed by atoms with Gasteiger partial charge in [-0.1, -0.05) is 19.1 Å². The fourth-order valence-corrected chi connectivity index (χ4v) is 1.82. The maximum Gasteiger partial charge on any atom is 0.158 e. The van der Waals surface area contributed by atoms with Crippen molar-refractivity contribution < 1.29 is 4.74 Å². The molecule has 0 amide bonds. The average molecular weight is 245 g/mol. The van der Waals surface area contributed by atoms with Gasteiger partial charge in [0, 0.05) is 19.0 Å². The normalized spacial score (nSPS) is 10.9. The minimum atomic E-state index is 0.172. The van der Waals surface area contributed by atoms with Crippen LogP contribution in [0.4, 0.5) is 0 Å². The molecule has 0 aliphatic rings. The summed E-state index contributed by atoms with van der Waals surface area (Å²) in [5.74, 6) is 2.60. The summed E-state index contributed by atoms with van der Waals surface area (Å²) < 4.78 is 7.50. The molecule has 4 heteroatoms. The Morgan fingerprint density at radius 2 is 2.11 bits per heavy atom. The molecule has 0 saturated carbocycles. The molecule has 0 spiro atoms. The number of nitrogens with zero attached hydrogens (tertiary/aromatic N) is 3. The van der Waals surface area contributed by atoms with Crippen molar-refractivity contribution >= 4 is 0 Å². The summed E-state index contributed by atoms with van der Waals surface area (Å²) in [7, 11) is 1.91. The van der Waals surface area contributed by atoms with Gasteiger partial charge in [-0.3, -0.25) is 0 Å². The van der Waals surface area contributed by atoms with E-state index in [4.69, 9.17) is 4.74 Å². The second-order valence-electron chi connectivity index (χ2n) is 4.52. The Hall–Kier alpha value is -1.84. The summed E-state index contributed by atoms with van der Waals surface area (Å²) in [5, 5.41) is 4.36. The Kier molecular flexibility index (Phi) is 3.65. The lowest BCUT2D eigenvalue weighted by Crippen LogP contribution is -2.05. The Bertz CT molecular complexity index is 532. The van der Waals surface area contributed by atoms with Crippen LogP contribution in [-0.4, -0.2) is 20.9 Å². The predicted octanol–water partition coefficient (Wildman–Crippen LogP) is 2.83. The minimum Gasteiger partial charge on any atom is -0.491 e. The lowest BCUT2D eigenvalue weighted by atomic mass is 10.2. The molecule has 0 fully saturated rings. The van der Waals surface area contributed by atoms with Crippen LogP contribution >= 0.6 is 0 Å². The van der Waals surface area contributed by atoms with Crippen molar-refractivity contribution in [1.82, 2.24) is 14.8 Å². The minimum absolute atomic E-state index is 0.172. The van der Waals surface area contributed by atoms with Crippen molar-refractivity contribution in [2.24, 2.45) is 7.05 Å². The molecule has 18 heavy (non-hydrogen) atoms. The Balaban J connectivity index is 2.34. The summed E-state index contributed by atoms with van der Waals surface area (Å²) in [4.78, 5) is 4.52. The van der Waals surface area contributed by atoms with Gasteiger partial charge < -0.3 is 4.74 Å². The Labute approximate surface area is 108 Å². The van der Waals surface area contributed by atoms with Gasteiger partial charge in [0.25, 0.3) is 0 Å². The fraction of sp³-hybridized carbons (Fsp3) is 0.429. The van der Waals surface area contributed by atoms with E-state index in [1.165, 1.54) is 0 Å². The number of hydrogen-bond acceptors (Lipinski definition) is 3. The molecule has 0 radical (unpaired) electrons. The number of hydrogen-bond donors (Lipinski definition) is 0. The van der Waals surface area contributed by atoms with E-state index in [-0.39, 0.29) is 6.10 Å². The first-order chi connectivity index (χ1) is 8.60. The van der Waals surface area contributed by atoms with Gasteiger partial charge in [0.1, 0.15) is 5.75 Å². The van der Waals surface area contributed by atoms with Crippen LogP contribution in [0.1, 0.15) is 26.6 Å². The Morgan fingerprint density at radius 3 is 2.72 bits per heavy atom. The van der Waals surface area contributed by atoms with Crippen molar-refractivity contribution in [3.8, 4) is 17.1 Å². The summed E-state index contributed by atoms with van der Waals surface area (Å²) >= 11 is 0. The quantitative estimate of drug-likeness (QED) is 0.831. The van der Waals surface area contributed by atoms with Gasteiger partial charge in [0.15, 0.2) is 11.6 Å². The first-order valence-corrected chi connectivity index (χ1v) is 6.27. The van der Waals surface area contributed by atoms with E-state index in [0.29, 0.717) is 0 Å². The zero-order chi connectivity index (χ0) is 13.1. The first-order valence-electron chi connectivity index (χ1n) is 6.27. The smallest absolute Gasteiger partial charge is 0.158 e. The molecule has 96 valence electrons. The van der Waals surface area contributed by atoms with Crippen LogP contribution in [0.3, 0.4) is 0 Å². The highest BCUT2D eigenvalue weighted by atomic mass is 16.5. The molecule has 0 atom stereocenters. The SMILES string of the molecule is CCc1nc(-c2cccc(OC(C)C)c2)n(C)n1. The summed E-state index contributed by atoms with van der Waals surface area (Å²) in [6.07, 6.45) is 1.02. The van der Waals surface area contributed by atoms with Crippen molar-refractivity contribution in [1.29, 1.82) is 0 Å². The van der Waals surface area contributed by atoms with E-state index in [1.807, 2.05) is 49.8 Å². The van der Waals surface area contributed by atoms with E-state index in [2.05, 4.69) is 17.0 Å². The highest BCUT2D eigenvalue weighted by Gasteiger charge is 2.09. The first kappa shape index (κ1) is 12.6. The molecule has 0 aliphatic heterocycles. The van der Waals surface area contributed by atoms with E-state index in [1.54, 1.807) is 0 Å². The molecule has 1 aromatic carbocycles. The molecule has 1 aromatic heterocycles. The third-order valence-electron chi connectivity index (χ3n) is 2.59. The van der Waals surface area contributed by atoms with Crippen LogP contribution in [0.15, 0.2) is 24.3 Å². The van der Waals surface area contributed by atoms with E-state index >= 15 is 0 Å². The van der Waals surface area contributed by atoms with Crippen LogP contribution in [0.2, 0.25) is 0 Å². The number of rotatable bonds is 4. The standard InChI is InChI=1S/C14H19N3O/c1-5-13-15-14(17(4)16-13)11-7-6-8-12(9-11)18-10(2)3/h6-10H,5H2,1-4H3. The summed E-state index contributed by atoms with van der Waals surface area (Å²) in [6, 6.07) is 7.97. The predicted molar refractivity (Wildman–Crippen MR) is 71.6 cm³/mol. The Morgan fingerprint density at radius 1 is 1.33 bits per heavy atom. The van der Waals surface area contributed by atoms with Gasteiger partial charge in [-0.05, 0) is 26.0 Å². The number of ether oxygens (including phenoxy) is 1. The highest BCUT2D eigenvalue weighted by Crippen LogP contribution is 2.22. The largest absolute Gasteiger partial charge is 0.491 e. The molecule has 2 aromatic rings. The second kappa shape index (κ2) is 5.21. The third kappa shape index (κ3) is 2.70. The van der Waals surface area contributed by atoms with Crippen LogP contribution in [0, 0.1) is 0 Å². The van der Waals surface area contributed by atoms with Gasteiger partial charge >= 0.3 is 0 Å². The van der Waals surface area contributed by atoms with Gasteiger partial charge in [0.2, 0.25) is 0 Å². The van der Waals surface area contributed by atoms with Gasteiger partial charge in [-0.15, -0.1) is 0 Å². The van der Waals surface area contributed by atoms with Crippen LogP contribution in [0.5, 0.6) is 5.75 Å². The fourth-order valence-electron chi connectivity index (χ4n) is 1.82. The monoisotopic (exact) mass is 245 g/mol. The molecule has 0 N–H and O–H groups in total. The van der Waals surface area contributed by atoms with Gasteiger partial charge in [-0.2, -0.15) is 5.10 Å². The zero-order valence-electron chi connectivity index (χ0n) is 11.3. The maximum atomic E-state index is 5.69. The molecule has 2 rings (SSSR count). The number of benzene rings is 1. The van der Waals surface area contributed by atoms with Crippen molar-refractivity contribution in [3.63, 3.8) is 0 Å². The molecule has 0 unspecified atom stereocenters. The van der Waals surface area contributed by atoms with Crippen molar-refractivity contribution in [2.75, 3.05) is 0 Å². The number of aromatic nitrogens is 3. The van der Waals surface area contributed by atoms with Crippen LogP contribution in [0.25, 0.3) is 11.4 Å². The molecular weight excluding hydrogens is 226 g/mol. The van der Waals surface area contributed by atoms with Crippen LogP contribution < -0.4 is 4.74 Å². The molecule has 0 aliphatic carbocycles. The lowest BCUT2D eigenvalue weighted by molar-refractivity contribution is 0.242. The van der Waals surface area contributed by atoms with Crippen molar-refractivity contribution in [3.05, 3.63) is 30.1 Å². The van der Waals surface area contributed by atoms with E-state index in [9.17, 15) is 0 Å². The molecule has 0 saturated heterocycles. The summed E-state index contributed by atoms with van der Waals surface area (Å²) in [6.45, 7) is 6.09. The molecule has 1 heterocycles. The van der Waals surface area contributed by atoms with Gasteiger partial charge in [0.05, 0.1) is 6.10 Å². The van der Waals surface area contributed by atoms with Crippen molar-refractivity contribution in [2.45, 2.75) is 33.3 Å². The lowest BCUT2D eigenvalue weighted by Gasteiger charge is -2.10. The average Bonchev–Trinajstić information content (AvgIpc) is 2.70. The second-order valence-corrected chi connectivity index (χ2v) is 4.52. The zero-order valence-corrected chi connectivity index (χ0v) is 11.3. The molecular formula is C14H19N3O. The van der Waals surface area contributed by atoms with E-state index < -0.39 is 0 Å². The topological polar surface area (TPSA) is 39.9 Å². The highest BCUT2D eigenvalue weighted by molar-refractivity contribution is 5.57. The summed E-state index contributed by atoms with van der Waals surface area (Å²) in [5.41, 5.74) is 1.03. The molecule has 0 bridgehead atoms. The van der Waals surface area contributed by atoms with E-state index in [0.717, 1.165) is 29.4 Å². The van der Waals surface area contributed by atoms with Crippen LogP contribution in [-0.2, 0) is 13.5 Å². The number of aryl methyl sites for hydroxylation is 2. The molecule has 4 nitrogen and oxygen atoms in total. The third-order valence-corrected chi connectivity index (χ3v) is 2.59. The maximum absolute atomic E-state index is 5.69.